The fraction of sp³-hybridized carbons (Fsp3) is 0.533. The van der Waals surface area contributed by atoms with Crippen molar-refractivity contribution in [1.29, 1.82) is 5.26 Å². The number of hydrogen-bond donors (Lipinski definition) is 2. The fourth-order valence-corrected chi connectivity index (χ4v) is 1.69. The van der Waals surface area contributed by atoms with Gasteiger partial charge in [0.15, 0.2) is 0 Å². The summed E-state index contributed by atoms with van der Waals surface area (Å²) in [6.45, 7) is 7.35. The first-order valence-electron chi connectivity index (χ1n) is 6.54. The van der Waals surface area contributed by atoms with Crippen molar-refractivity contribution in [2.75, 3.05) is 25.1 Å². The monoisotopic (exact) mass is 262 g/mol. The molecule has 0 bridgehead atoms. The SMILES string of the molecule is Cc1cccc(NCC(O)COCC(C)C)c1C#N. The molecule has 0 aliphatic carbocycles. The summed E-state index contributed by atoms with van der Waals surface area (Å²) < 4.78 is 5.37. The van der Waals surface area contributed by atoms with Gasteiger partial charge < -0.3 is 15.2 Å². The lowest BCUT2D eigenvalue weighted by Crippen LogP contribution is -2.26. The average Bonchev–Trinajstić information content (AvgIpc) is 2.36. The Hall–Kier alpha value is -1.57. The number of hydrogen-bond acceptors (Lipinski definition) is 4. The third-order valence-electron chi connectivity index (χ3n) is 2.67. The van der Waals surface area contributed by atoms with Gasteiger partial charge in [-0.3, -0.25) is 0 Å². The van der Waals surface area contributed by atoms with Crippen LogP contribution >= 0.6 is 0 Å². The van der Waals surface area contributed by atoms with E-state index in [4.69, 9.17) is 10.00 Å². The topological polar surface area (TPSA) is 65.3 Å². The van der Waals surface area contributed by atoms with Crippen LogP contribution in [-0.4, -0.2) is 31.0 Å². The Morgan fingerprint density at radius 1 is 1.37 bits per heavy atom. The summed E-state index contributed by atoms with van der Waals surface area (Å²) in [4.78, 5) is 0. The highest BCUT2D eigenvalue weighted by molar-refractivity contribution is 5.60. The Bertz CT molecular complexity index is 438. The third kappa shape index (κ3) is 5.29. The van der Waals surface area contributed by atoms with Crippen LogP contribution in [0.25, 0.3) is 0 Å². The summed E-state index contributed by atoms with van der Waals surface area (Å²) in [6, 6.07) is 7.79. The number of rotatable bonds is 7. The van der Waals surface area contributed by atoms with E-state index in [-0.39, 0.29) is 0 Å². The number of nitrogens with zero attached hydrogens (tertiary/aromatic N) is 1. The van der Waals surface area contributed by atoms with Crippen molar-refractivity contribution in [3.63, 3.8) is 0 Å². The van der Waals surface area contributed by atoms with Gasteiger partial charge in [0.05, 0.1) is 24.0 Å². The van der Waals surface area contributed by atoms with Gasteiger partial charge >= 0.3 is 0 Å². The molecular formula is C15H22N2O2. The summed E-state index contributed by atoms with van der Waals surface area (Å²) >= 11 is 0. The van der Waals surface area contributed by atoms with E-state index < -0.39 is 6.10 Å². The standard InChI is InChI=1S/C15H22N2O2/c1-11(2)9-19-10-13(18)8-17-15-6-4-5-12(3)14(15)7-16/h4-6,11,13,17-18H,8-10H2,1-3H3. The van der Waals surface area contributed by atoms with Crippen LogP contribution in [-0.2, 0) is 4.74 Å². The van der Waals surface area contributed by atoms with Crippen molar-refractivity contribution in [2.45, 2.75) is 26.9 Å². The van der Waals surface area contributed by atoms with E-state index in [1.807, 2.05) is 25.1 Å². The molecule has 1 aromatic carbocycles. The van der Waals surface area contributed by atoms with Crippen molar-refractivity contribution < 1.29 is 9.84 Å². The summed E-state index contributed by atoms with van der Waals surface area (Å²) in [6.07, 6.45) is -0.578. The van der Waals surface area contributed by atoms with Gasteiger partial charge in [0.1, 0.15) is 6.07 Å². The molecular weight excluding hydrogens is 240 g/mol. The highest BCUT2D eigenvalue weighted by Gasteiger charge is 2.08. The maximum absolute atomic E-state index is 9.79. The first-order chi connectivity index (χ1) is 9.04. The number of aliphatic hydroxyl groups is 1. The largest absolute Gasteiger partial charge is 0.389 e. The Morgan fingerprint density at radius 3 is 2.74 bits per heavy atom. The molecule has 0 spiro atoms. The summed E-state index contributed by atoms with van der Waals surface area (Å²) in [7, 11) is 0. The van der Waals surface area contributed by atoms with Crippen LogP contribution in [0.3, 0.4) is 0 Å². The zero-order chi connectivity index (χ0) is 14.3. The van der Waals surface area contributed by atoms with Crippen molar-refractivity contribution in [3.8, 4) is 6.07 Å². The Balaban J connectivity index is 2.44. The summed E-state index contributed by atoms with van der Waals surface area (Å²) in [5, 5.41) is 22.0. The number of benzene rings is 1. The minimum atomic E-state index is -0.578. The second-order valence-electron chi connectivity index (χ2n) is 5.08. The number of aryl methyl sites for hydroxylation is 1. The maximum atomic E-state index is 9.79. The molecule has 1 aromatic rings. The minimum Gasteiger partial charge on any atom is -0.389 e. The molecule has 1 rings (SSSR count). The summed E-state index contributed by atoms with van der Waals surface area (Å²) in [5.41, 5.74) is 2.31. The lowest BCUT2D eigenvalue weighted by molar-refractivity contribution is 0.0318. The second kappa shape index (κ2) is 7.78. The minimum absolute atomic E-state index is 0.304. The fourth-order valence-electron chi connectivity index (χ4n) is 1.69. The smallest absolute Gasteiger partial charge is 0.102 e. The quantitative estimate of drug-likeness (QED) is 0.791. The van der Waals surface area contributed by atoms with Gasteiger partial charge in [0.2, 0.25) is 0 Å². The van der Waals surface area contributed by atoms with Crippen LogP contribution in [0.2, 0.25) is 0 Å². The van der Waals surface area contributed by atoms with Crippen LogP contribution in [0.15, 0.2) is 18.2 Å². The normalized spacial score (nSPS) is 12.2. The van der Waals surface area contributed by atoms with E-state index in [0.29, 0.717) is 31.2 Å². The molecule has 0 aliphatic rings. The predicted molar refractivity (Wildman–Crippen MR) is 76.0 cm³/mol. The molecule has 0 fully saturated rings. The lowest BCUT2D eigenvalue weighted by atomic mass is 10.1. The molecule has 104 valence electrons. The number of aliphatic hydroxyl groups excluding tert-OH is 1. The van der Waals surface area contributed by atoms with Gasteiger partial charge in [-0.1, -0.05) is 26.0 Å². The van der Waals surface area contributed by atoms with E-state index in [2.05, 4.69) is 25.2 Å². The number of anilines is 1. The molecule has 19 heavy (non-hydrogen) atoms. The molecule has 0 radical (unpaired) electrons. The van der Waals surface area contributed by atoms with E-state index in [9.17, 15) is 5.11 Å². The third-order valence-corrected chi connectivity index (χ3v) is 2.67. The van der Waals surface area contributed by atoms with Gasteiger partial charge in [-0.15, -0.1) is 0 Å². The summed E-state index contributed by atoms with van der Waals surface area (Å²) in [5.74, 6) is 0.460. The van der Waals surface area contributed by atoms with E-state index in [1.54, 1.807) is 0 Å². The van der Waals surface area contributed by atoms with E-state index in [0.717, 1.165) is 11.3 Å². The Morgan fingerprint density at radius 2 is 2.11 bits per heavy atom. The highest BCUT2D eigenvalue weighted by Crippen LogP contribution is 2.18. The van der Waals surface area contributed by atoms with Gasteiger partial charge in [0.25, 0.3) is 0 Å². The second-order valence-corrected chi connectivity index (χ2v) is 5.08. The number of ether oxygens (including phenoxy) is 1. The van der Waals surface area contributed by atoms with E-state index >= 15 is 0 Å². The molecule has 0 amide bonds. The molecule has 1 unspecified atom stereocenters. The molecule has 4 heteroatoms. The first-order valence-corrected chi connectivity index (χ1v) is 6.54. The molecule has 0 aliphatic heterocycles. The Kier molecular flexibility index (Phi) is 6.34. The van der Waals surface area contributed by atoms with Gasteiger partial charge in [-0.25, -0.2) is 0 Å². The maximum Gasteiger partial charge on any atom is 0.102 e. The van der Waals surface area contributed by atoms with Crippen molar-refractivity contribution in [2.24, 2.45) is 5.92 Å². The van der Waals surface area contributed by atoms with Gasteiger partial charge in [-0.05, 0) is 24.5 Å². The van der Waals surface area contributed by atoms with Crippen LogP contribution in [0.1, 0.15) is 25.0 Å². The molecule has 4 nitrogen and oxygen atoms in total. The van der Waals surface area contributed by atoms with Crippen LogP contribution < -0.4 is 5.32 Å². The Labute approximate surface area is 115 Å². The number of nitriles is 1. The lowest BCUT2D eigenvalue weighted by Gasteiger charge is -2.15. The number of nitrogens with one attached hydrogen (secondary N) is 1. The van der Waals surface area contributed by atoms with Crippen LogP contribution in [0, 0.1) is 24.2 Å². The van der Waals surface area contributed by atoms with Crippen molar-refractivity contribution in [3.05, 3.63) is 29.3 Å². The first kappa shape index (κ1) is 15.5. The van der Waals surface area contributed by atoms with Crippen molar-refractivity contribution in [1.82, 2.24) is 0 Å². The molecule has 1 atom stereocenters. The van der Waals surface area contributed by atoms with E-state index in [1.165, 1.54) is 0 Å². The highest BCUT2D eigenvalue weighted by atomic mass is 16.5. The van der Waals surface area contributed by atoms with Gasteiger partial charge in [0, 0.05) is 13.2 Å². The predicted octanol–water partition coefficient (Wildman–Crippen LogP) is 2.31. The zero-order valence-electron chi connectivity index (χ0n) is 11.8. The molecule has 0 saturated carbocycles. The zero-order valence-corrected chi connectivity index (χ0v) is 11.8. The van der Waals surface area contributed by atoms with Crippen LogP contribution in [0.5, 0.6) is 0 Å². The molecule has 0 aromatic heterocycles. The molecule has 0 heterocycles. The molecule has 2 N–H and O–H groups in total. The van der Waals surface area contributed by atoms with Crippen molar-refractivity contribution >= 4 is 5.69 Å². The van der Waals surface area contributed by atoms with Gasteiger partial charge in [-0.2, -0.15) is 5.26 Å². The molecule has 0 saturated heterocycles. The van der Waals surface area contributed by atoms with Crippen LogP contribution in [0.4, 0.5) is 5.69 Å². The average molecular weight is 262 g/mol.